The van der Waals surface area contributed by atoms with Gasteiger partial charge in [0.1, 0.15) is 6.33 Å². The molecule has 2 rings (SSSR count). The van der Waals surface area contributed by atoms with Crippen molar-refractivity contribution in [2.24, 2.45) is 0 Å². The molecule has 0 aliphatic carbocycles. The molecule has 1 aromatic carbocycles. The van der Waals surface area contributed by atoms with Crippen molar-refractivity contribution in [1.82, 2.24) is 9.55 Å². The van der Waals surface area contributed by atoms with E-state index in [1.165, 1.54) is 10.9 Å². The van der Waals surface area contributed by atoms with Crippen molar-refractivity contribution in [2.75, 3.05) is 6.61 Å². The van der Waals surface area contributed by atoms with Gasteiger partial charge < -0.3 is 4.74 Å². The molecule has 0 radical (unpaired) electrons. The summed E-state index contributed by atoms with van der Waals surface area (Å²) in [5, 5.41) is 0. The number of benzene rings is 1. The van der Waals surface area contributed by atoms with Crippen LogP contribution in [-0.2, 0) is 9.53 Å². The van der Waals surface area contributed by atoms with E-state index in [-0.39, 0.29) is 6.61 Å². The van der Waals surface area contributed by atoms with Gasteiger partial charge in [-0.15, -0.1) is 0 Å². The van der Waals surface area contributed by atoms with Gasteiger partial charge in [0.05, 0.1) is 17.6 Å². The highest BCUT2D eigenvalue weighted by Crippen LogP contribution is 2.11. The SMILES string of the molecule is CCOC(=O)C(=O)n1cnc2ccccc21. The van der Waals surface area contributed by atoms with Crippen LogP contribution in [0.25, 0.3) is 11.0 Å². The minimum atomic E-state index is -0.870. The van der Waals surface area contributed by atoms with Crippen LogP contribution in [0.2, 0.25) is 0 Å². The lowest BCUT2D eigenvalue weighted by molar-refractivity contribution is -0.138. The number of hydrogen-bond donors (Lipinski definition) is 0. The number of ether oxygens (including phenoxy) is 1. The summed E-state index contributed by atoms with van der Waals surface area (Å²) in [7, 11) is 0. The zero-order valence-electron chi connectivity index (χ0n) is 8.71. The summed E-state index contributed by atoms with van der Waals surface area (Å²) in [6.07, 6.45) is 1.32. The minimum Gasteiger partial charge on any atom is -0.459 e. The maximum Gasteiger partial charge on any atom is 0.397 e. The first-order valence-corrected chi connectivity index (χ1v) is 4.87. The van der Waals surface area contributed by atoms with Gasteiger partial charge in [-0.05, 0) is 19.1 Å². The van der Waals surface area contributed by atoms with Crippen molar-refractivity contribution in [3.8, 4) is 0 Å². The van der Waals surface area contributed by atoms with Crippen LogP contribution in [0, 0.1) is 0 Å². The molecule has 0 N–H and O–H groups in total. The van der Waals surface area contributed by atoms with Crippen LogP contribution in [0.5, 0.6) is 0 Å². The summed E-state index contributed by atoms with van der Waals surface area (Å²) in [6, 6.07) is 7.08. The third-order valence-corrected chi connectivity index (χ3v) is 2.12. The summed E-state index contributed by atoms with van der Waals surface area (Å²) >= 11 is 0. The molecule has 5 heteroatoms. The Bertz CT molecular complexity index is 545. The number of carbonyl (C=O) groups is 2. The molecule has 0 aliphatic rings. The number of imidazole rings is 1. The maximum atomic E-state index is 11.7. The molecule has 0 bridgehead atoms. The fourth-order valence-corrected chi connectivity index (χ4v) is 1.41. The first-order valence-electron chi connectivity index (χ1n) is 4.87. The molecule has 0 saturated carbocycles. The Morgan fingerprint density at radius 1 is 1.38 bits per heavy atom. The molecule has 0 aliphatic heterocycles. The second kappa shape index (κ2) is 4.14. The van der Waals surface area contributed by atoms with Gasteiger partial charge in [-0.25, -0.2) is 9.78 Å². The summed E-state index contributed by atoms with van der Waals surface area (Å²) in [5.41, 5.74) is 1.26. The number of esters is 1. The zero-order chi connectivity index (χ0) is 11.5. The van der Waals surface area contributed by atoms with E-state index in [4.69, 9.17) is 0 Å². The fraction of sp³-hybridized carbons (Fsp3) is 0.182. The number of nitrogens with zero attached hydrogens (tertiary/aromatic N) is 2. The largest absolute Gasteiger partial charge is 0.459 e. The van der Waals surface area contributed by atoms with Gasteiger partial charge in [0.15, 0.2) is 0 Å². The summed E-state index contributed by atoms with van der Waals surface area (Å²) in [6.45, 7) is 1.83. The van der Waals surface area contributed by atoms with Crippen molar-refractivity contribution >= 4 is 22.9 Å². The molecule has 0 amide bonds. The van der Waals surface area contributed by atoms with E-state index in [2.05, 4.69) is 9.72 Å². The third kappa shape index (κ3) is 1.67. The summed E-state index contributed by atoms with van der Waals surface area (Å²) < 4.78 is 5.83. The number of rotatable bonds is 1. The Morgan fingerprint density at radius 3 is 2.88 bits per heavy atom. The lowest BCUT2D eigenvalue weighted by Gasteiger charge is -2.01. The van der Waals surface area contributed by atoms with Crippen LogP contribution < -0.4 is 0 Å². The molecule has 0 unspecified atom stereocenters. The predicted octanol–water partition coefficient (Wildman–Crippen LogP) is 1.24. The molecule has 5 nitrogen and oxygen atoms in total. The average molecular weight is 218 g/mol. The highest BCUT2D eigenvalue weighted by atomic mass is 16.5. The quantitative estimate of drug-likeness (QED) is 0.533. The smallest absolute Gasteiger partial charge is 0.397 e. The average Bonchev–Trinajstić information content (AvgIpc) is 2.72. The molecule has 1 heterocycles. The van der Waals surface area contributed by atoms with Crippen LogP contribution in [0.4, 0.5) is 0 Å². The lowest BCUT2D eigenvalue weighted by atomic mass is 10.3. The Morgan fingerprint density at radius 2 is 2.12 bits per heavy atom. The van der Waals surface area contributed by atoms with Crippen molar-refractivity contribution < 1.29 is 14.3 Å². The van der Waals surface area contributed by atoms with Gasteiger partial charge in [0.25, 0.3) is 0 Å². The molecule has 0 atom stereocenters. The number of hydrogen-bond acceptors (Lipinski definition) is 4. The number of fused-ring (bicyclic) bond motifs is 1. The van der Waals surface area contributed by atoms with E-state index in [0.29, 0.717) is 11.0 Å². The van der Waals surface area contributed by atoms with E-state index in [1.54, 1.807) is 25.1 Å². The van der Waals surface area contributed by atoms with Crippen LogP contribution in [-0.4, -0.2) is 28.0 Å². The Kier molecular flexibility index (Phi) is 2.68. The van der Waals surface area contributed by atoms with Crippen LogP contribution in [0.3, 0.4) is 0 Å². The predicted molar refractivity (Wildman–Crippen MR) is 57.0 cm³/mol. The van der Waals surface area contributed by atoms with E-state index in [0.717, 1.165) is 0 Å². The van der Waals surface area contributed by atoms with Gasteiger partial charge in [0.2, 0.25) is 0 Å². The summed E-state index contributed by atoms with van der Waals surface area (Å²) in [4.78, 5) is 26.9. The van der Waals surface area contributed by atoms with Gasteiger partial charge in [-0.1, -0.05) is 12.1 Å². The monoisotopic (exact) mass is 218 g/mol. The highest BCUT2D eigenvalue weighted by molar-refractivity contribution is 6.34. The fourth-order valence-electron chi connectivity index (χ4n) is 1.41. The number of para-hydroxylation sites is 2. The van der Waals surface area contributed by atoms with Gasteiger partial charge in [-0.3, -0.25) is 9.36 Å². The third-order valence-electron chi connectivity index (χ3n) is 2.12. The van der Waals surface area contributed by atoms with Gasteiger partial charge in [-0.2, -0.15) is 0 Å². The van der Waals surface area contributed by atoms with E-state index in [9.17, 15) is 9.59 Å². The Balaban J connectivity index is 2.40. The second-order valence-electron chi connectivity index (χ2n) is 3.13. The molecule has 2 aromatic rings. The number of carbonyl (C=O) groups excluding carboxylic acids is 2. The lowest BCUT2D eigenvalue weighted by Crippen LogP contribution is -2.23. The first kappa shape index (κ1) is 10.4. The highest BCUT2D eigenvalue weighted by Gasteiger charge is 2.19. The molecule has 82 valence electrons. The molecule has 16 heavy (non-hydrogen) atoms. The molecule has 1 aromatic heterocycles. The second-order valence-corrected chi connectivity index (χ2v) is 3.13. The van der Waals surface area contributed by atoms with Gasteiger partial charge >= 0.3 is 11.9 Å². The molecular formula is C11H10N2O3. The van der Waals surface area contributed by atoms with Crippen molar-refractivity contribution in [2.45, 2.75) is 6.92 Å². The standard InChI is InChI=1S/C11H10N2O3/c1-2-16-11(15)10(14)13-7-12-8-5-3-4-6-9(8)13/h3-7H,2H2,1H3. The zero-order valence-corrected chi connectivity index (χ0v) is 8.71. The minimum absolute atomic E-state index is 0.178. The Labute approximate surface area is 91.6 Å². The van der Waals surface area contributed by atoms with E-state index < -0.39 is 11.9 Å². The Hall–Kier alpha value is -2.17. The number of aromatic nitrogens is 2. The van der Waals surface area contributed by atoms with Crippen LogP contribution >= 0.6 is 0 Å². The van der Waals surface area contributed by atoms with Crippen molar-refractivity contribution in [1.29, 1.82) is 0 Å². The van der Waals surface area contributed by atoms with Crippen molar-refractivity contribution in [3.63, 3.8) is 0 Å². The van der Waals surface area contributed by atoms with E-state index in [1.807, 2.05) is 6.07 Å². The maximum absolute atomic E-state index is 11.7. The van der Waals surface area contributed by atoms with Gasteiger partial charge in [0, 0.05) is 0 Å². The molecule has 0 saturated heterocycles. The normalized spacial score (nSPS) is 10.3. The molecular weight excluding hydrogens is 208 g/mol. The van der Waals surface area contributed by atoms with E-state index >= 15 is 0 Å². The van der Waals surface area contributed by atoms with Crippen LogP contribution in [0.1, 0.15) is 11.7 Å². The van der Waals surface area contributed by atoms with Crippen molar-refractivity contribution in [3.05, 3.63) is 30.6 Å². The molecule has 0 spiro atoms. The molecule has 0 fully saturated rings. The first-order chi connectivity index (χ1) is 7.74. The summed E-state index contributed by atoms with van der Waals surface area (Å²) in [5.74, 6) is -1.60. The van der Waals surface area contributed by atoms with Crippen LogP contribution in [0.15, 0.2) is 30.6 Å². The topological polar surface area (TPSA) is 61.2 Å².